The average molecular weight is 469 g/mol. The van der Waals surface area contributed by atoms with Gasteiger partial charge in [0.25, 0.3) is 0 Å². The predicted molar refractivity (Wildman–Crippen MR) is 136 cm³/mol. The highest BCUT2D eigenvalue weighted by molar-refractivity contribution is 5.81. The van der Waals surface area contributed by atoms with Crippen molar-refractivity contribution in [3.63, 3.8) is 0 Å². The van der Waals surface area contributed by atoms with Gasteiger partial charge in [-0.2, -0.15) is 0 Å². The van der Waals surface area contributed by atoms with Crippen molar-refractivity contribution in [2.75, 3.05) is 0 Å². The molecule has 0 aliphatic rings. The Morgan fingerprint density at radius 3 is 1.58 bits per heavy atom. The van der Waals surface area contributed by atoms with E-state index in [1.807, 2.05) is 0 Å². The second-order valence-corrected chi connectivity index (χ2v) is 9.48. The molecule has 0 fully saturated rings. The van der Waals surface area contributed by atoms with Crippen LogP contribution in [-0.4, -0.2) is 28.3 Å². The SMILES string of the molecule is CCCCCCCCCCCC(=CC(=O)O)OC(=O)CC(O)CCCCCCCCCCC. The minimum atomic E-state index is -1.11. The Balaban J connectivity index is 3.93. The van der Waals surface area contributed by atoms with E-state index in [2.05, 4.69) is 13.8 Å². The van der Waals surface area contributed by atoms with Crippen molar-refractivity contribution in [1.29, 1.82) is 0 Å². The van der Waals surface area contributed by atoms with E-state index in [1.54, 1.807) is 0 Å². The number of aliphatic carboxylic acids is 1. The molecule has 0 aromatic carbocycles. The molecule has 0 spiro atoms. The molecule has 2 N–H and O–H groups in total. The molecule has 0 heterocycles. The summed E-state index contributed by atoms with van der Waals surface area (Å²) in [5.41, 5.74) is 0. The van der Waals surface area contributed by atoms with Gasteiger partial charge in [-0.25, -0.2) is 4.79 Å². The van der Waals surface area contributed by atoms with E-state index >= 15 is 0 Å². The molecule has 0 saturated carbocycles. The summed E-state index contributed by atoms with van der Waals surface area (Å²) >= 11 is 0. The summed E-state index contributed by atoms with van der Waals surface area (Å²) in [5.74, 6) is -1.45. The standard InChI is InChI=1S/C28H52O5/c1-3-5-7-9-11-13-15-17-19-21-25(29)23-28(32)33-26(24-27(30)31)22-20-18-16-14-12-10-8-6-4-2/h24-25,29H,3-23H2,1-2H3,(H,30,31). The van der Waals surface area contributed by atoms with E-state index < -0.39 is 18.0 Å². The summed E-state index contributed by atoms with van der Waals surface area (Å²) in [7, 11) is 0. The van der Waals surface area contributed by atoms with Crippen LogP contribution in [0.2, 0.25) is 0 Å². The Labute approximate surface area is 203 Å². The molecule has 0 aliphatic carbocycles. The van der Waals surface area contributed by atoms with Gasteiger partial charge in [-0.15, -0.1) is 0 Å². The monoisotopic (exact) mass is 468 g/mol. The van der Waals surface area contributed by atoms with Crippen LogP contribution in [0.15, 0.2) is 11.8 Å². The molecule has 0 aromatic heterocycles. The molecular weight excluding hydrogens is 416 g/mol. The summed E-state index contributed by atoms with van der Waals surface area (Å²) in [6.07, 6.45) is 22.7. The number of allylic oxidation sites excluding steroid dienone is 1. The molecule has 33 heavy (non-hydrogen) atoms. The third kappa shape index (κ3) is 23.6. The van der Waals surface area contributed by atoms with Crippen molar-refractivity contribution in [3.8, 4) is 0 Å². The van der Waals surface area contributed by atoms with Gasteiger partial charge in [-0.1, -0.05) is 123 Å². The highest BCUT2D eigenvalue weighted by atomic mass is 16.5. The predicted octanol–water partition coefficient (Wildman–Crippen LogP) is 8.09. The molecule has 5 nitrogen and oxygen atoms in total. The summed E-state index contributed by atoms with van der Waals surface area (Å²) in [4.78, 5) is 23.2. The van der Waals surface area contributed by atoms with E-state index in [9.17, 15) is 14.7 Å². The van der Waals surface area contributed by atoms with Crippen LogP contribution in [0.4, 0.5) is 0 Å². The zero-order valence-corrected chi connectivity index (χ0v) is 21.6. The molecule has 0 rings (SSSR count). The van der Waals surface area contributed by atoms with Crippen LogP contribution in [0.5, 0.6) is 0 Å². The van der Waals surface area contributed by atoms with Gasteiger partial charge in [0.1, 0.15) is 5.76 Å². The Kier molecular flexibility index (Phi) is 22.8. The van der Waals surface area contributed by atoms with Crippen molar-refractivity contribution in [2.45, 2.75) is 155 Å². The fraction of sp³-hybridized carbons (Fsp3) is 0.857. The molecule has 1 atom stereocenters. The van der Waals surface area contributed by atoms with E-state index in [1.165, 1.54) is 83.5 Å². The number of aliphatic hydroxyl groups excluding tert-OH is 1. The van der Waals surface area contributed by atoms with Gasteiger partial charge >= 0.3 is 11.9 Å². The van der Waals surface area contributed by atoms with Crippen LogP contribution in [-0.2, 0) is 14.3 Å². The number of carboxylic acids is 1. The summed E-state index contributed by atoms with van der Waals surface area (Å²) < 4.78 is 5.28. The molecule has 194 valence electrons. The topological polar surface area (TPSA) is 83.8 Å². The maximum atomic E-state index is 12.2. The zero-order chi connectivity index (χ0) is 24.6. The van der Waals surface area contributed by atoms with Crippen molar-refractivity contribution in [1.82, 2.24) is 0 Å². The maximum absolute atomic E-state index is 12.2. The third-order valence-corrected chi connectivity index (χ3v) is 6.10. The van der Waals surface area contributed by atoms with E-state index in [4.69, 9.17) is 9.84 Å². The van der Waals surface area contributed by atoms with Crippen molar-refractivity contribution < 1.29 is 24.5 Å². The minimum Gasteiger partial charge on any atom is -0.478 e. The first-order valence-electron chi connectivity index (χ1n) is 13.8. The Bertz CT molecular complexity index is 501. The molecule has 0 bridgehead atoms. The van der Waals surface area contributed by atoms with Gasteiger partial charge in [0, 0.05) is 6.42 Å². The summed E-state index contributed by atoms with van der Waals surface area (Å²) in [6, 6.07) is 0. The quantitative estimate of drug-likeness (QED) is 0.0647. The van der Waals surface area contributed by atoms with Crippen molar-refractivity contribution >= 4 is 11.9 Å². The number of hydrogen-bond donors (Lipinski definition) is 2. The number of esters is 1. The number of hydrogen-bond acceptors (Lipinski definition) is 4. The lowest BCUT2D eigenvalue weighted by Gasteiger charge is -2.12. The third-order valence-electron chi connectivity index (χ3n) is 6.10. The van der Waals surface area contributed by atoms with Crippen LogP contribution < -0.4 is 0 Å². The van der Waals surface area contributed by atoms with Crippen molar-refractivity contribution in [2.24, 2.45) is 0 Å². The first-order valence-corrected chi connectivity index (χ1v) is 13.8. The lowest BCUT2D eigenvalue weighted by Crippen LogP contribution is -2.16. The average Bonchev–Trinajstić information content (AvgIpc) is 2.76. The Morgan fingerprint density at radius 2 is 1.12 bits per heavy atom. The van der Waals surface area contributed by atoms with Gasteiger partial charge in [-0.3, -0.25) is 4.79 Å². The molecule has 1 unspecified atom stereocenters. The van der Waals surface area contributed by atoms with Crippen LogP contribution in [0.1, 0.15) is 149 Å². The molecular formula is C28H52O5. The summed E-state index contributed by atoms with van der Waals surface area (Å²) in [6.45, 7) is 4.44. The fourth-order valence-corrected chi connectivity index (χ4v) is 4.07. The first kappa shape index (κ1) is 31.6. The Hall–Kier alpha value is -1.36. The van der Waals surface area contributed by atoms with Gasteiger partial charge in [0.2, 0.25) is 0 Å². The molecule has 0 radical (unpaired) electrons. The van der Waals surface area contributed by atoms with E-state index in [-0.39, 0.29) is 12.2 Å². The minimum absolute atomic E-state index is 0.0776. The smallest absolute Gasteiger partial charge is 0.331 e. The number of unbranched alkanes of at least 4 members (excludes halogenated alkanes) is 16. The van der Waals surface area contributed by atoms with Gasteiger partial charge in [-0.05, 0) is 12.8 Å². The number of carbonyl (C=O) groups excluding carboxylic acids is 1. The second kappa shape index (κ2) is 23.8. The lowest BCUT2D eigenvalue weighted by atomic mass is 10.0. The number of rotatable bonds is 24. The van der Waals surface area contributed by atoms with Crippen LogP contribution >= 0.6 is 0 Å². The Morgan fingerprint density at radius 1 is 0.697 bits per heavy atom. The first-order chi connectivity index (χ1) is 16.0. The normalized spacial score (nSPS) is 12.6. The van der Waals surface area contributed by atoms with Gasteiger partial charge in [0.05, 0.1) is 18.6 Å². The highest BCUT2D eigenvalue weighted by Gasteiger charge is 2.14. The summed E-state index contributed by atoms with van der Waals surface area (Å²) in [5, 5.41) is 19.2. The molecule has 0 saturated heterocycles. The maximum Gasteiger partial charge on any atom is 0.331 e. The van der Waals surface area contributed by atoms with Crippen LogP contribution in [0, 0.1) is 0 Å². The van der Waals surface area contributed by atoms with Gasteiger partial charge in [0.15, 0.2) is 0 Å². The number of carbonyl (C=O) groups is 2. The highest BCUT2D eigenvalue weighted by Crippen LogP contribution is 2.17. The molecule has 0 amide bonds. The second-order valence-electron chi connectivity index (χ2n) is 9.48. The zero-order valence-electron chi connectivity index (χ0n) is 21.6. The van der Waals surface area contributed by atoms with Crippen LogP contribution in [0.3, 0.4) is 0 Å². The number of ether oxygens (including phenoxy) is 1. The van der Waals surface area contributed by atoms with Gasteiger partial charge < -0.3 is 14.9 Å². The lowest BCUT2D eigenvalue weighted by molar-refractivity contribution is -0.142. The van der Waals surface area contributed by atoms with E-state index in [0.717, 1.165) is 38.2 Å². The number of carboxylic acid groups (broad SMARTS) is 1. The largest absolute Gasteiger partial charge is 0.478 e. The van der Waals surface area contributed by atoms with E-state index in [0.29, 0.717) is 12.8 Å². The van der Waals surface area contributed by atoms with Crippen LogP contribution in [0.25, 0.3) is 0 Å². The molecule has 5 heteroatoms. The number of aliphatic hydroxyl groups is 1. The molecule has 0 aliphatic heterocycles. The fourth-order valence-electron chi connectivity index (χ4n) is 4.07. The van der Waals surface area contributed by atoms with Crippen molar-refractivity contribution in [3.05, 3.63) is 11.8 Å². The molecule has 0 aromatic rings.